The minimum absolute atomic E-state index is 0.00387. The first-order valence-corrected chi connectivity index (χ1v) is 8.75. The number of morpholine rings is 1. The van der Waals surface area contributed by atoms with Gasteiger partial charge in [0.2, 0.25) is 0 Å². The molecule has 2 rings (SSSR count). The van der Waals surface area contributed by atoms with Crippen LogP contribution in [0.5, 0.6) is 0 Å². The highest BCUT2D eigenvalue weighted by Crippen LogP contribution is 2.15. The zero-order chi connectivity index (χ0) is 17.7. The predicted octanol–water partition coefficient (Wildman–Crippen LogP) is 2.14. The van der Waals surface area contributed by atoms with Gasteiger partial charge in [-0.3, -0.25) is 9.69 Å². The molecule has 5 nitrogen and oxygen atoms in total. The lowest BCUT2D eigenvalue weighted by Crippen LogP contribution is -2.44. The third-order valence-corrected chi connectivity index (χ3v) is 4.33. The summed E-state index contributed by atoms with van der Waals surface area (Å²) in [6, 6.07) is 7.84. The molecule has 134 valence electrons. The average molecular weight is 334 g/mol. The Hall–Kier alpha value is -1.43. The van der Waals surface area contributed by atoms with Crippen molar-refractivity contribution in [3.8, 4) is 0 Å². The van der Waals surface area contributed by atoms with Gasteiger partial charge in [-0.25, -0.2) is 0 Å². The van der Waals surface area contributed by atoms with E-state index < -0.39 is 0 Å². The highest BCUT2D eigenvalue weighted by molar-refractivity contribution is 5.94. The monoisotopic (exact) mass is 334 g/mol. The van der Waals surface area contributed by atoms with Crippen LogP contribution in [-0.4, -0.2) is 65.8 Å². The molecular weight excluding hydrogens is 304 g/mol. The van der Waals surface area contributed by atoms with Crippen LogP contribution in [0, 0.1) is 0 Å². The van der Waals surface area contributed by atoms with Crippen molar-refractivity contribution in [2.24, 2.45) is 0 Å². The zero-order valence-electron chi connectivity index (χ0n) is 15.2. The summed E-state index contributed by atoms with van der Waals surface area (Å²) in [6.07, 6.45) is 0.726. The van der Waals surface area contributed by atoms with E-state index in [0.717, 1.165) is 19.6 Å². The van der Waals surface area contributed by atoms with Crippen LogP contribution >= 0.6 is 0 Å². The number of aliphatic hydroxyl groups excluding tert-OH is 1. The van der Waals surface area contributed by atoms with Gasteiger partial charge in [0.05, 0.1) is 18.3 Å². The van der Waals surface area contributed by atoms with E-state index in [4.69, 9.17) is 4.74 Å². The van der Waals surface area contributed by atoms with E-state index in [2.05, 4.69) is 18.7 Å². The maximum atomic E-state index is 12.4. The number of carbonyl (C=O) groups excluding carboxylic acids is 1. The summed E-state index contributed by atoms with van der Waals surface area (Å²) < 4.78 is 5.76. The van der Waals surface area contributed by atoms with Crippen molar-refractivity contribution in [1.29, 1.82) is 0 Å². The second kappa shape index (κ2) is 8.60. The van der Waals surface area contributed by atoms with Gasteiger partial charge in [0, 0.05) is 38.8 Å². The lowest BCUT2D eigenvalue weighted by atomic mass is 10.1. The summed E-state index contributed by atoms with van der Waals surface area (Å²) in [7, 11) is 1.77. The molecule has 0 aromatic heterocycles. The quantitative estimate of drug-likeness (QED) is 0.866. The molecular formula is C19H30N2O3. The summed E-state index contributed by atoms with van der Waals surface area (Å²) >= 11 is 0. The molecule has 0 aliphatic carbocycles. The van der Waals surface area contributed by atoms with Gasteiger partial charge in [0.25, 0.3) is 5.91 Å². The molecule has 0 bridgehead atoms. The number of ether oxygens (including phenoxy) is 1. The summed E-state index contributed by atoms with van der Waals surface area (Å²) in [5.41, 5.74) is 1.90. The number of aliphatic hydroxyl groups is 1. The summed E-state index contributed by atoms with van der Waals surface area (Å²) in [6.45, 7) is 9.26. The molecule has 5 heteroatoms. The van der Waals surface area contributed by atoms with Crippen LogP contribution in [0.4, 0.5) is 0 Å². The lowest BCUT2D eigenvalue weighted by molar-refractivity contribution is -0.0704. The predicted molar refractivity (Wildman–Crippen MR) is 95.0 cm³/mol. The third-order valence-electron chi connectivity index (χ3n) is 4.33. The Bertz CT molecular complexity index is 520. The van der Waals surface area contributed by atoms with Crippen LogP contribution in [-0.2, 0) is 11.3 Å². The van der Waals surface area contributed by atoms with E-state index >= 15 is 0 Å². The van der Waals surface area contributed by atoms with Crippen molar-refractivity contribution < 1.29 is 14.6 Å². The van der Waals surface area contributed by atoms with Crippen LogP contribution in [0.25, 0.3) is 0 Å². The summed E-state index contributed by atoms with van der Waals surface area (Å²) in [5.74, 6) is -0.00387. The van der Waals surface area contributed by atoms with E-state index in [1.807, 2.05) is 24.3 Å². The Balaban J connectivity index is 1.91. The number of rotatable bonds is 6. The van der Waals surface area contributed by atoms with Crippen LogP contribution in [0.1, 0.15) is 43.1 Å². The first-order chi connectivity index (χ1) is 11.3. The molecule has 0 spiro atoms. The molecule has 3 unspecified atom stereocenters. The number of hydrogen-bond acceptors (Lipinski definition) is 4. The number of benzene rings is 1. The van der Waals surface area contributed by atoms with E-state index in [-0.39, 0.29) is 24.2 Å². The fraction of sp³-hybridized carbons (Fsp3) is 0.632. The molecule has 1 saturated heterocycles. The molecule has 0 saturated carbocycles. The fourth-order valence-electron chi connectivity index (χ4n) is 3.13. The molecule has 1 fully saturated rings. The van der Waals surface area contributed by atoms with Crippen molar-refractivity contribution in [3.05, 3.63) is 35.4 Å². The average Bonchev–Trinajstić information content (AvgIpc) is 2.51. The molecule has 1 heterocycles. The van der Waals surface area contributed by atoms with Gasteiger partial charge in [0.1, 0.15) is 0 Å². The molecule has 1 aliphatic rings. The van der Waals surface area contributed by atoms with Gasteiger partial charge in [0.15, 0.2) is 0 Å². The highest BCUT2D eigenvalue weighted by Gasteiger charge is 2.22. The Morgan fingerprint density at radius 1 is 1.29 bits per heavy atom. The van der Waals surface area contributed by atoms with Crippen molar-refractivity contribution >= 4 is 5.91 Å². The van der Waals surface area contributed by atoms with Crippen LogP contribution in [0.15, 0.2) is 24.3 Å². The van der Waals surface area contributed by atoms with Crippen LogP contribution < -0.4 is 0 Å². The molecule has 0 radical (unpaired) electrons. The number of hydrogen-bond donors (Lipinski definition) is 1. The summed E-state index contributed by atoms with van der Waals surface area (Å²) in [5, 5.41) is 9.33. The summed E-state index contributed by atoms with van der Waals surface area (Å²) in [4.78, 5) is 16.4. The van der Waals surface area contributed by atoms with Gasteiger partial charge in [-0.15, -0.1) is 0 Å². The molecule has 1 N–H and O–H groups in total. The second-order valence-corrected chi connectivity index (χ2v) is 7.01. The van der Waals surface area contributed by atoms with E-state index in [0.29, 0.717) is 18.5 Å². The molecule has 1 aliphatic heterocycles. The molecule has 1 aromatic carbocycles. The Labute approximate surface area is 145 Å². The smallest absolute Gasteiger partial charge is 0.253 e. The first kappa shape index (κ1) is 18.9. The lowest BCUT2D eigenvalue weighted by Gasteiger charge is -2.35. The normalized spacial score (nSPS) is 23.0. The molecule has 1 amide bonds. The van der Waals surface area contributed by atoms with Gasteiger partial charge in [-0.2, -0.15) is 0 Å². The maximum Gasteiger partial charge on any atom is 0.253 e. The highest BCUT2D eigenvalue weighted by atomic mass is 16.5. The number of nitrogens with zero attached hydrogens (tertiary/aromatic N) is 2. The topological polar surface area (TPSA) is 53.0 Å². The van der Waals surface area contributed by atoms with Gasteiger partial charge >= 0.3 is 0 Å². The first-order valence-electron chi connectivity index (χ1n) is 8.75. The van der Waals surface area contributed by atoms with Crippen molar-refractivity contribution in [2.45, 2.75) is 52.0 Å². The third kappa shape index (κ3) is 5.58. The zero-order valence-corrected chi connectivity index (χ0v) is 15.2. The van der Waals surface area contributed by atoms with Gasteiger partial charge in [-0.05, 0) is 44.9 Å². The fourth-order valence-corrected chi connectivity index (χ4v) is 3.13. The minimum atomic E-state index is -0.388. The van der Waals surface area contributed by atoms with Crippen LogP contribution in [0.2, 0.25) is 0 Å². The Morgan fingerprint density at radius 2 is 1.88 bits per heavy atom. The van der Waals surface area contributed by atoms with E-state index in [1.54, 1.807) is 18.9 Å². The standard InChI is InChI=1S/C19H30N2O3/c1-14(22)9-10-20(4)19(23)18-7-5-17(6-8-18)13-21-11-15(2)24-16(3)12-21/h5-8,14-16,22H,9-13H2,1-4H3. The Morgan fingerprint density at radius 3 is 2.42 bits per heavy atom. The molecule has 3 atom stereocenters. The SMILES string of the molecule is CC(O)CCN(C)C(=O)c1ccc(CN2CC(C)OC(C)C2)cc1. The van der Waals surface area contributed by atoms with Crippen molar-refractivity contribution in [3.63, 3.8) is 0 Å². The van der Waals surface area contributed by atoms with Gasteiger partial charge < -0.3 is 14.7 Å². The van der Waals surface area contributed by atoms with Crippen LogP contribution in [0.3, 0.4) is 0 Å². The van der Waals surface area contributed by atoms with E-state index in [9.17, 15) is 9.90 Å². The maximum absolute atomic E-state index is 12.4. The van der Waals surface area contributed by atoms with E-state index in [1.165, 1.54) is 5.56 Å². The molecule has 1 aromatic rings. The van der Waals surface area contributed by atoms with Crippen molar-refractivity contribution in [2.75, 3.05) is 26.7 Å². The number of carbonyl (C=O) groups is 1. The van der Waals surface area contributed by atoms with Crippen molar-refractivity contribution in [1.82, 2.24) is 9.80 Å². The number of amides is 1. The minimum Gasteiger partial charge on any atom is -0.393 e. The second-order valence-electron chi connectivity index (χ2n) is 7.01. The largest absolute Gasteiger partial charge is 0.393 e. The van der Waals surface area contributed by atoms with Gasteiger partial charge in [-0.1, -0.05) is 12.1 Å². The molecule has 24 heavy (non-hydrogen) atoms. The Kier molecular flexibility index (Phi) is 6.78.